The van der Waals surface area contributed by atoms with Crippen LogP contribution in [0.5, 0.6) is 5.75 Å². The summed E-state index contributed by atoms with van der Waals surface area (Å²) in [4.78, 5) is 23.8. The number of rotatable bonds is 6. The zero-order chi connectivity index (χ0) is 17.6. The van der Waals surface area contributed by atoms with Gasteiger partial charge in [-0.15, -0.1) is 0 Å². The van der Waals surface area contributed by atoms with Gasteiger partial charge in [0.15, 0.2) is 12.4 Å². The summed E-state index contributed by atoms with van der Waals surface area (Å²) in [5, 5.41) is 8.29. The molecule has 2 aromatic rings. The SMILES string of the molecule is COCCC(NC(=O)Nc1cccc2c1OCC(=O)N2)c1ccco1. The Morgan fingerprint density at radius 3 is 3.00 bits per heavy atom. The first-order valence-corrected chi connectivity index (χ1v) is 7.83. The van der Waals surface area contributed by atoms with E-state index in [4.69, 9.17) is 13.9 Å². The lowest BCUT2D eigenvalue weighted by atomic mass is 10.1. The molecule has 1 unspecified atom stereocenters. The number of nitrogens with one attached hydrogen (secondary N) is 3. The smallest absolute Gasteiger partial charge is 0.319 e. The van der Waals surface area contributed by atoms with Gasteiger partial charge in [0.1, 0.15) is 5.76 Å². The number of hydrogen-bond acceptors (Lipinski definition) is 5. The number of urea groups is 1. The molecular weight excluding hydrogens is 326 g/mol. The van der Waals surface area contributed by atoms with Crippen molar-refractivity contribution in [3.8, 4) is 5.75 Å². The Kier molecular flexibility index (Phi) is 5.20. The second-order valence-corrected chi connectivity index (χ2v) is 5.47. The lowest BCUT2D eigenvalue weighted by Gasteiger charge is -2.22. The molecule has 25 heavy (non-hydrogen) atoms. The third-order valence-electron chi connectivity index (χ3n) is 3.69. The highest BCUT2D eigenvalue weighted by Gasteiger charge is 2.21. The van der Waals surface area contributed by atoms with Gasteiger partial charge >= 0.3 is 6.03 Å². The monoisotopic (exact) mass is 345 g/mol. The number of hydrogen-bond donors (Lipinski definition) is 3. The Labute approximate surface area is 144 Å². The molecule has 8 heteroatoms. The van der Waals surface area contributed by atoms with Crippen LogP contribution in [0.4, 0.5) is 16.2 Å². The van der Waals surface area contributed by atoms with Crippen LogP contribution in [-0.4, -0.2) is 32.3 Å². The molecule has 3 rings (SSSR count). The first kappa shape index (κ1) is 16.8. The number of para-hydroxylation sites is 1. The average molecular weight is 345 g/mol. The van der Waals surface area contributed by atoms with Crippen molar-refractivity contribution in [1.82, 2.24) is 5.32 Å². The predicted molar refractivity (Wildman–Crippen MR) is 90.7 cm³/mol. The summed E-state index contributed by atoms with van der Waals surface area (Å²) in [5.74, 6) is 0.848. The van der Waals surface area contributed by atoms with E-state index >= 15 is 0 Å². The van der Waals surface area contributed by atoms with Crippen molar-refractivity contribution in [2.75, 3.05) is 31.0 Å². The molecule has 1 atom stereocenters. The fourth-order valence-corrected chi connectivity index (χ4v) is 2.54. The molecule has 8 nitrogen and oxygen atoms in total. The number of carbonyl (C=O) groups excluding carboxylic acids is 2. The molecule has 3 N–H and O–H groups in total. The van der Waals surface area contributed by atoms with Crippen molar-refractivity contribution in [3.05, 3.63) is 42.4 Å². The normalized spacial score (nSPS) is 14.0. The van der Waals surface area contributed by atoms with Crippen LogP contribution in [0, 0.1) is 0 Å². The van der Waals surface area contributed by atoms with E-state index in [1.807, 2.05) is 0 Å². The van der Waals surface area contributed by atoms with Gasteiger partial charge in [-0.25, -0.2) is 4.79 Å². The van der Waals surface area contributed by atoms with Gasteiger partial charge in [-0.3, -0.25) is 4.79 Å². The van der Waals surface area contributed by atoms with E-state index in [1.54, 1.807) is 43.7 Å². The largest absolute Gasteiger partial charge is 0.479 e. The molecule has 0 saturated heterocycles. The summed E-state index contributed by atoms with van der Waals surface area (Å²) in [5.41, 5.74) is 0.996. The Morgan fingerprint density at radius 2 is 2.24 bits per heavy atom. The van der Waals surface area contributed by atoms with E-state index in [0.717, 1.165) is 0 Å². The van der Waals surface area contributed by atoms with Gasteiger partial charge in [0, 0.05) is 13.7 Å². The number of furan rings is 1. The Hall–Kier alpha value is -3.00. The van der Waals surface area contributed by atoms with Crippen molar-refractivity contribution in [3.63, 3.8) is 0 Å². The van der Waals surface area contributed by atoms with E-state index in [-0.39, 0.29) is 18.6 Å². The van der Waals surface area contributed by atoms with Crippen LogP contribution in [0.15, 0.2) is 41.0 Å². The maximum absolute atomic E-state index is 12.4. The van der Waals surface area contributed by atoms with Crippen molar-refractivity contribution in [1.29, 1.82) is 0 Å². The van der Waals surface area contributed by atoms with Gasteiger partial charge < -0.3 is 29.8 Å². The standard InChI is InChI=1S/C17H19N3O5/c1-23-9-7-11(14-6-3-8-24-14)19-17(22)20-13-5-2-4-12-16(13)25-10-15(21)18-12/h2-6,8,11H,7,9-10H2,1H3,(H,18,21)(H2,19,20,22). The number of amides is 3. The molecule has 132 valence electrons. The van der Waals surface area contributed by atoms with Gasteiger partial charge in [0.05, 0.1) is 23.7 Å². The van der Waals surface area contributed by atoms with Crippen LogP contribution in [0.1, 0.15) is 18.2 Å². The van der Waals surface area contributed by atoms with E-state index < -0.39 is 6.03 Å². The summed E-state index contributed by atoms with van der Waals surface area (Å²) in [6.07, 6.45) is 2.12. The van der Waals surface area contributed by atoms with Crippen LogP contribution in [-0.2, 0) is 9.53 Å². The zero-order valence-electron chi connectivity index (χ0n) is 13.7. The van der Waals surface area contributed by atoms with Crippen LogP contribution in [0.3, 0.4) is 0 Å². The number of fused-ring (bicyclic) bond motifs is 1. The fourth-order valence-electron chi connectivity index (χ4n) is 2.54. The lowest BCUT2D eigenvalue weighted by Crippen LogP contribution is -2.33. The second-order valence-electron chi connectivity index (χ2n) is 5.47. The quantitative estimate of drug-likeness (QED) is 0.747. The number of carbonyl (C=O) groups is 2. The van der Waals surface area contributed by atoms with Gasteiger partial charge in [-0.1, -0.05) is 6.07 Å². The molecule has 1 aliphatic rings. The lowest BCUT2D eigenvalue weighted by molar-refractivity contribution is -0.118. The molecule has 3 amide bonds. The van der Waals surface area contributed by atoms with Crippen LogP contribution < -0.4 is 20.7 Å². The fraction of sp³-hybridized carbons (Fsp3) is 0.294. The Balaban J connectivity index is 1.69. The van der Waals surface area contributed by atoms with Gasteiger partial charge in [-0.2, -0.15) is 0 Å². The number of methoxy groups -OCH3 is 1. The summed E-state index contributed by atoms with van der Waals surface area (Å²) in [7, 11) is 1.60. The Morgan fingerprint density at radius 1 is 1.36 bits per heavy atom. The zero-order valence-corrected chi connectivity index (χ0v) is 13.7. The molecule has 0 saturated carbocycles. The van der Waals surface area contributed by atoms with Crippen molar-refractivity contribution in [2.45, 2.75) is 12.5 Å². The molecule has 1 aromatic carbocycles. The third kappa shape index (κ3) is 4.10. The highest BCUT2D eigenvalue weighted by atomic mass is 16.5. The van der Waals surface area contributed by atoms with E-state index in [9.17, 15) is 9.59 Å². The molecule has 0 fully saturated rings. The molecule has 0 radical (unpaired) electrons. The van der Waals surface area contributed by atoms with Crippen molar-refractivity contribution < 1.29 is 23.5 Å². The maximum Gasteiger partial charge on any atom is 0.319 e. The van der Waals surface area contributed by atoms with E-state index in [2.05, 4.69) is 16.0 Å². The molecular formula is C17H19N3O5. The van der Waals surface area contributed by atoms with Crippen molar-refractivity contribution >= 4 is 23.3 Å². The number of ether oxygens (including phenoxy) is 2. The minimum atomic E-state index is -0.411. The van der Waals surface area contributed by atoms with Crippen LogP contribution >= 0.6 is 0 Å². The molecule has 0 spiro atoms. The molecule has 0 bridgehead atoms. The predicted octanol–water partition coefficient (Wildman–Crippen LogP) is 2.51. The minimum absolute atomic E-state index is 0.0871. The summed E-state index contributed by atoms with van der Waals surface area (Å²) < 4.78 is 15.9. The third-order valence-corrected chi connectivity index (χ3v) is 3.69. The summed E-state index contributed by atoms with van der Waals surface area (Å²) in [6, 6.07) is 7.95. The van der Waals surface area contributed by atoms with Crippen LogP contribution in [0.2, 0.25) is 0 Å². The molecule has 0 aliphatic carbocycles. The first-order valence-electron chi connectivity index (χ1n) is 7.83. The van der Waals surface area contributed by atoms with E-state index in [0.29, 0.717) is 35.9 Å². The van der Waals surface area contributed by atoms with Gasteiger partial charge in [0.2, 0.25) is 0 Å². The van der Waals surface area contributed by atoms with Gasteiger partial charge in [-0.05, 0) is 30.7 Å². The molecule has 1 aromatic heterocycles. The molecule has 2 heterocycles. The van der Waals surface area contributed by atoms with Crippen molar-refractivity contribution in [2.24, 2.45) is 0 Å². The highest BCUT2D eigenvalue weighted by Crippen LogP contribution is 2.35. The summed E-state index contributed by atoms with van der Waals surface area (Å²) >= 11 is 0. The summed E-state index contributed by atoms with van der Waals surface area (Å²) in [6.45, 7) is 0.387. The van der Waals surface area contributed by atoms with Crippen LogP contribution in [0.25, 0.3) is 0 Å². The van der Waals surface area contributed by atoms with E-state index in [1.165, 1.54) is 0 Å². The highest BCUT2D eigenvalue weighted by molar-refractivity contribution is 5.99. The number of anilines is 2. The minimum Gasteiger partial charge on any atom is -0.479 e. The second kappa shape index (κ2) is 7.71. The first-order chi connectivity index (χ1) is 12.2. The Bertz CT molecular complexity index is 745. The molecule has 1 aliphatic heterocycles. The number of benzene rings is 1. The average Bonchev–Trinajstić information content (AvgIpc) is 3.13. The maximum atomic E-state index is 12.4. The van der Waals surface area contributed by atoms with Gasteiger partial charge in [0.25, 0.3) is 5.91 Å². The topological polar surface area (TPSA) is 102 Å².